The number of nitrogens with zero attached hydrogens (tertiary/aromatic N) is 1. The molecule has 1 atom stereocenters. The van der Waals surface area contributed by atoms with E-state index < -0.39 is 10.9 Å². The number of benzene rings is 2. The van der Waals surface area contributed by atoms with E-state index in [1.165, 1.54) is 12.1 Å². The van der Waals surface area contributed by atoms with Gasteiger partial charge >= 0.3 is 5.97 Å². The number of rotatable bonds is 7. The first kappa shape index (κ1) is 18.4. The Morgan fingerprint density at radius 1 is 1.23 bits per heavy atom. The van der Waals surface area contributed by atoms with Crippen molar-refractivity contribution in [2.24, 2.45) is 0 Å². The van der Waals surface area contributed by atoms with Gasteiger partial charge in [-0.05, 0) is 42.7 Å². The van der Waals surface area contributed by atoms with Gasteiger partial charge in [0, 0.05) is 29.4 Å². The Hall–Kier alpha value is -2.38. The van der Waals surface area contributed by atoms with Crippen LogP contribution in [0, 0.1) is 10.1 Å². The molecule has 7 heteroatoms. The van der Waals surface area contributed by atoms with E-state index in [1.807, 2.05) is 12.1 Å². The van der Waals surface area contributed by atoms with Crippen LogP contribution in [0.25, 0.3) is 0 Å². The number of carbonyl (C=O) groups is 1. The highest BCUT2D eigenvalue weighted by Crippen LogP contribution is 2.27. The Kier molecular flexibility index (Phi) is 6.25. The summed E-state index contributed by atoms with van der Waals surface area (Å²) >= 11 is 1.60. The zero-order valence-electron chi connectivity index (χ0n) is 14.1. The molecule has 0 saturated carbocycles. The zero-order valence-corrected chi connectivity index (χ0v) is 14.9. The Morgan fingerprint density at radius 2 is 2.00 bits per heavy atom. The predicted octanol–water partition coefficient (Wildman–Crippen LogP) is 4.22. The zero-order chi connectivity index (χ0) is 18.4. The molecule has 0 bridgehead atoms. The molecule has 0 amide bonds. The molecule has 1 heterocycles. The van der Waals surface area contributed by atoms with Crippen LogP contribution in [0.15, 0.2) is 53.4 Å². The molecule has 0 aliphatic carbocycles. The molecular weight excluding hydrogens is 354 g/mol. The number of non-ortho nitro benzene ring substituents is 1. The highest BCUT2D eigenvalue weighted by molar-refractivity contribution is 7.99. The quantitative estimate of drug-likeness (QED) is 0.313. The summed E-state index contributed by atoms with van der Waals surface area (Å²) in [6, 6.07) is 13.3. The van der Waals surface area contributed by atoms with Gasteiger partial charge in [-0.3, -0.25) is 10.1 Å². The third kappa shape index (κ3) is 4.83. The van der Waals surface area contributed by atoms with E-state index in [1.54, 1.807) is 36.0 Å². The van der Waals surface area contributed by atoms with Crippen molar-refractivity contribution in [3.05, 3.63) is 69.8 Å². The summed E-state index contributed by atoms with van der Waals surface area (Å²) in [6.45, 7) is 0.881. The standard InChI is InChI=1S/C19H19NO5S/c21-19(25-12-14-7-9-15(10-8-14)20(22)23)17-5-1-2-6-18(17)26-13-16-4-3-11-24-16/h1-2,5-10,16H,3-4,11-13H2/t16-/m1/s1. The summed E-state index contributed by atoms with van der Waals surface area (Å²) in [5.41, 5.74) is 1.24. The number of hydrogen-bond donors (Lipinski definition) is 0. The molecule has 1 fully saturated rings. The summed E-state index contributed by atoms with van der Waals surface area (Å²) in [4.78, 5) is 23.5. The molecule has 1 saturated heterocycles. The molecule has 136 valence electrons. The second-order valence-corrected chi connectivity index (χ2v) is 7.00. The molecule has 6 nitrogen and oxygen atoms in total. The van der Waals surface area contributed by atoms with Gasteiger partial charge in [0.15, 0.2) is 0 Å². The molecule has 0 spiro atoms. The Bertz CT molecular complexity index is 772. The van der Waals surface area contributed by atoms with Gasteiger partial charge in [-0.15, -0.1) is 11.8 Å². The molecule has 0 N–H and O–H groups in total. The summed E-state index contributed by atoms with van der Waals surface area (Å²) in [7, 11) is 0. The van der Waals surface area contributed by atoms with Crippen LogP contribution >= 0.6 is 11.8 Å². The van der Waals surface area contributed by atoms with Crippen LogP contribution in [-0.2, 0) is 16.1 Å². The van der Waals surface area contributed by atoms with Gasteiger partial charge in [-0.25, -0.2) is 4.79 Å². The molecule has 3 rings (SSSR count). The minimum atomic E-state index is -0.461. The van der Waals surface area contributed by atoms with E-state index in [2.05, 4.69) is 0 Å². The van der Waals surface area contributed by atoms with Crippen molar-refractivity contribution in [3.8, 4) is 0 Å². The largest absolute Gasteiger partial charge is 0.457 e. The van der Waals surface area contributed by atoms with Crippen molar-refractivity contribution in [3.63, 3.8) is 0 Å². The Labute approximate surface area is 155 Å². The Morgan fingerprint density at radius 3 is 2.69 bits per heavy atom. The van der Waals surface area contributed by atoms with Gasteiger partial charge < -0.3 is 9.47 Å². The lowest BCUT2D eigenvalue weighted by Crippen LogP contribution is -2.10. The fourth-order valence-corrected chi connectivity index (χ4v) is 3.77. The number of nitro benzene ring substituents is 1. The van der Waals surface area contributed by atoms with E-state index in [4.69, 9.17) is 9.47 Å². The molecule has 26 heavy (non-hydrogen) atoms. The predicted molar refractivity (Wildman–Crippen MR) is 98.4 cm³/mol. The molecule has 2 aromatic carbocycles. The van der Waals surface area contributed by atoms with Gasteiger partial charge in [0.25, 0.3) is 5.69 Å². The van der Waals surface area contributed by atoms with Crippen LogP contribution in [0.1, 0.15) is 28.8 Å². The minimum absolute atomic E-state index is 0.0101. The SMILES string of the molecule is O=C(OCc1ccc([N+](=O)[O-])cc1)c1ccccc1SC[C@H]1CCCO1. The van der Waals surface area contributed by atoms with Crippen molar-refractivity contribution in [2.75, 3.05) is 12.4 Å². The average molecular weight is 373 g/mol. The fraction of sp³-hybridized carbons (Fsp3) is 0.316. The minimum Gasteiger partial charge on any atom is -0.457 e. The number of carbonyl (C=O) groups excluding carboxylic acids is 1. The lowest BCUT2D eigenvalue weighted by atomic mass is 10.2. The van der Waals surface area contributed by atoms with Crippen molar-refractivity contribution in [1.29, 1.82) is 0 Å². The molecule has 0 radical (unpaired) electrons. The van der Waals surface area contributed by atoms with Crippen LogP contribution in [0.5, 0.6) is 0 Å². The maximum absolute atomic E-state index is 12.4. The van der Waals surface area contributed by atoms with E-state index in [0.29, 0.717) is 11.1 Å². The first-order valence-corrected chi connectivity index (χ1v) is 9.36. The second-order valence-electron chi connectivity index (χ2n) is 5.94. The van der Waals surface area contributed by atoms with Crippen LogP contribution in [-0.4, -0.2) is 29.4 Å². The maximum Gasteiger partial charge on any atom is 0.339 e. The van der Waals surface area contributed by atoms with Crippen molar-refractivity contribution >= 4 is 23.4 Å². The van der Waals surface area contributed by atoms with E-state index in [-0.39, 0.29) is 18.4 Å². The van der Waals surface area contributed by atoms with Gasteiger partial charge in [0.05, 0.1) is 16.6 Å². The third-order valence-electron chi connectivity index (χ3n) is 4.07. The normalized spacial score (nSPS) is 16.4. The lowest BCUT2D eigenvalue weighted by Gasteiger charge is -2.12. The smallest absolute Gasteiger partial charge is 0.339 e. The second kappa shape index (κ2) is 8.82. The maximum atomic E-state index is 12.4. The summed E-state index contributed by atoms with van der Waals surface area (Å²) in [5, 5.41) is 10.7. The molecule has 2 aromatic rings. The lowest BCUT2D eigenvalue weighted by molar-refractivity contribution is -0.384. The van der Waals surface area contributed by atoms with E-state index in [9.17, 15) is 14.9 Å². The van der Waals surface area contributed by atoms with Crippen LogP contribution in [0.4, 0.5) is 5.69 Å². The first-order valence-electron chi connectivity index (χ1n) is 8.37. The third-order valence-corrected chi connectivity index (χ3v) is 5.28. The van der Waals surface area contributed by atoms with Crippen LogP contribution in [0.2, 0.25) is 0 Å². The highest BCUT2D eigenvalue weighted by Gasteiger charge is 2.18. The van der Waals surface area contributed by atoms with Crippen LogP contribution in [0.3, 0.4) is 0 Å². The number of nitro groups is 1. The van der Waals surface area contributed by atoms with Gasteiger partial charge in [0.2, 0.25) is 0 Å². The van der Waals surface area contributed by atoms with Gasteiger partial charge in [-0.2, -0.15) is 0 Å². The van der Waals surface area contributed by atoms with Crippen LogP contribution < -0.4 is 0 Å². The van der Waals surface area contributed by atoms with E-state index in [0.717, 1.165) is 30.1 Å². The molecule has 0 unspecified atom stereocenters. The fourth-order valence-electron chi connectivity index (χ4n) is 2.66. The molecular formula is C19H19NO5S. The number of thioether (sulfide) groups is 1. The Balaban J connectivity index is 1.59. The first-order chi connectivity index (χ1) is 12.6. The number of ether oxygens (including phenoxy) is 2. The summed E-state index contributed by atoms with van der Waals surface area (Å²) < 4.78 is 11.0. The molecule has 1 aliphatic heterocycles. The topological polar surface area (TPSA) is 78.7 Å². The van der Waals surface area contributed by atoms with Crippen molar-refractivity contribution in [1.82, 2.24) is 0 Å². The monoisotopic (exact) mass is 373 g/mol. The highest BCUT2D eigenvalue weighted by atomic mass is 32.2. The van der Waals surface area contributed by atoms with E-state index >= 15 is 0 Å². The van der Waals surface area contributed by atoms with Crippen molar-refractivity contribution in [2.45, 2.75) is 30.4 Å². The summed E-state index contributed by atoms with van der Waals surface area (Å²) in [6.07, 6.45) is 2.38. The number of esters is 1. The van der Waals surface area contributed by atoms with Crippen molar-refractivity contribution < 1.29 is 19.2 Å². The van der Waals surface area contributed by atoms with Gasteiger partial charge in [-0.1, -0.05) is 12.1 Å². The molecule has 1 aliphatic rings. The average Bonchev–Trinajstić information content (AvgIpc) is 3.18. The van der Waals surface area contributed by atoms with Gasteiger partial charge in [0.1, 0.15) is 6.61 Å². The summed E-state index contributed by atoms with van der Waals surface area (Å²) in [5.74, 6) is 0.408. The number of hydrogen-bond acceptors (Lipinski definition) is 6. The molecule has 0 aromatic heterocycles.